The van der Waals surface area contributed by atoms with Gasteiger partial charge in [-0.15, -0.1) is 0 Å². The van der Waals surface area contributed by atoms with Gasteiger partial charge in [-0.1, -0.05) is 191 Å². The van der Waals surface area contributed by atoms with Gasteiger partial charge >= 0.3 is 0 Å². The summed E-state index contributed by atoms with van der Waals surface area (Å²) in [6.45, 7) is 9.64. The van der Waals surface area contributed by atoms with Crippen molar-refractivity contribution in [3.63, 3.8) is 0 Å². The predicted molar refractivity (Wildman–Crippen MR) is 269 cm³/mol. The zero-order valence-electron chi connectivity index (χ0n) is 36.8. The van der Waals surface area contributed by atoms with Crippen molar-refractivity contribution in [1.82, 2.24) is 19.5 Å². The number of hydrogen-bond donors (Lipinski definition) is 0. The van der Waals surface area contributed by atoms with E-state index in [9.17, 15) is 0 Å². The average molecular weight is 843 g/mol. The normalized spacial score (nSPS) is 14.4. The lowest BCUT2D eigenvalue weighted by atomic mass is 9.63. The second-order valence-electron chi connectivity index (χ2n) is 18.7. The van der Waals surface area contributed by atoms with E-state index in [-0.39, 0.29) is 10.8 Å². The molecule has 0 radical (unpaired) electrons. The largest absolute Gasteiger partial charge is 0.309 e. The first-order valence-electron chi connectivity index (χ1n) is 22.5. The summed E-state index contributed by atoms with van der Waals surface area (Å²) in [6, 6.07) is 74.9. The van der Waals surface area contributed by atoms with E-state index in [1.165, 1.54) is 66.5 Å². The molecule has 8 aromatic carbocycles. The Balaban J connectivity index is 1.07. The van der Waals surface area contributed by atoms with Gasteiger partial charge < -0.3 is 4.57 Å². The van der Waals surface area contributed by atoms with E-state index in [1.807, 2.05) is 18.2 Å². The summed E-state index contributed by atoms with van der Waals surface area (Å²) < 4.78 is 2.44. The van der Waals surface area contributed by atoms with Gasteiger partial charge in [-0.05, 0) is 98.0 Å². The van der Waals surface area contributed by atoms with Crippen LogP contribution in [0.1, 0.15) is 51.7 Å². The summed E-state index contributed by atoms with van der Waals surface area (Å²) in [6.07, 6.45) is 2.36. The lowest BCUT2D eigenvalue weighted by molar-refractivity contribution is 0.332. The lowest BCUT2D eigenvalue weighted by Gasteiger charge is -2.42. The van der Waals surface area contributed by atoms with Crippen molar-refractivity contribution in [2.75, 3.05) is 0 Å². The number of nitrogens with zero attached hydrogens (tertiary/aromatic N) is 4. The molecule has 10 aromatic rings. The highest BCUT2D eigenvalue weighted by atomic mass is 28.3. The monoisotopic (exact) mass is 842 g/mol. The number of aromatic nitrogens is 4. The molecule has 0 saturated carbocycles. The number of rotatable bonds is 8. The van der Waals surface area contributed by atoms with E-state index in [1.54, 1.807) is 0 Å². The lowest BCUT2D eigenvalue weighted by Crippen LogP contribution is -2.74. The maximum atomic E-state index is 5.30. The second-order valence-corrected chi connectivity index (χ2v) is 22.5. The van der Waals surface area contributed by atoms with Crippen LogP contribution in [0.15, 0.2) is 206 Å². The van der Waals surface area contributed by atoms with Crippen molar-refractivity contribution in [1.29, 1.82) is 0 Å². The fraction of sp³-hybridized carbons (Fsp3) is 0.136. The molecule has 64 heavy (non-hydrogen) atoms. The third-order valence-corrected chi connectivity index (χ3v) is 18.6. The molecule has 2 aromatic heterocycles. The average Bonchev–Trinajstić information content (AvgIpc) is 3.68. The Morgan fingerprint density at radius 2 is 0.812 bits per heavy atom. The first kappa shape index (κ1) is 39.6. The van der Waals surface area contributed by atoms with Crippen LogP contribution in [-0.2, 0) is 10.8 Å². The number of fused-ring (bicyclic) bond motifs is 4. The smallest absolute Gasteiger partial charge is 0.179 e. The van der Waals surface area contributed by atoms with E-state index in [4.69, 9.17) is 15.0 Å². The molecule has 0 amide bonds. The van der Waals surface area contributed by atoms with Crippen molar-refractivity contribution < 1.29 is 0 Å². The van der Waals surface area contributed by atoms with Crippen LogP contribution < -0.4 is 20.7 Å². The van der Waals surface area contributed by atoms with Crippen molar-refractivity contribution >= 4 is 50.6 Å². The second kappa shape index (κ2) is 15.5. The summed E-state index contributed by atoms with van der Waals surface area (Å²) >= 11 is 0. The molecular weight excluding hydrogens is 793 g/mol. The molecule has 0 bridgehead atoms. The van der Waals surface area contributed by atoms with Crippen LogP contribution in [0.3, 0.4) is 0 Å². The quantitative estimate of drug-likeness (QED) is 0.113. The zero-order chi connectivity index (χ0) is 43.5. The minimum absolute atomic E-state index is 0.102. The van der Waals surface area contributed by atoms with Crippen molar-refractivity contribution in [2.24, 2.45) is 0 Å². The predicted octanol–water partition coefficient (Wildman–Crippen LogP) is 11.7. The van der Waals surface area contributed by atoms with E-state index in [0.29, 0.717) is 17.5 Å². The van der Waals surface area contributed by atoms with Gasteiger partial charge in [0.05, 0.1) is 11.0 Å². The number of para-hydroxylation sites is 1. The maximum absolute atomic E-state index is 5.30. The summed E-state index contributed by atoms with van der Waals surface area (Å²) in [4.78, 5) is 15.7. The van der Waals surface area contributed by atoms with E-state index >= 15 is 0 Å². The van der Waals surface area contributed by atoms with Gasteiger partial charge in [0, 0.05) is 33.2 Å². The van der Waals surface area contributed by atoms with Gasteiger partial charge in [0.25, 0.3) is 0 Å². The molecule has 1 aliphatic carbocycles. The van der Waals surface area contributed by atoms with Gasteiger partial charge in [-0.3, -0.25) is 0 Å². The van der Waals surface area contributed by atoms with Crippen LogP contribution in [0, 0.1) is 0 Å². The molecule has 1 aliphatic rings. The van der Waals surface area contributed by atoms with Crippen LogP contribution in [0.25, 0.3) is 61.7 Å². The summed E-state index contributed by atoms with van der Waals surface area (Å²) in [7, 11) is -2.79. The third kappa shape index (κ3) is 6.62. The van der Waals surface area contributed by atoms with Crippen LogP contribution in [0.5, 0.6) is 0 Å². The Hall–Kier alpha value is -7.21. The number of benzene rings is 8. The molecule has 0 atom stereocenters. The fourth-order valence-corrected chi connectivity index (χ4v) is 15.2. The zero-order valence-corrected chi connectivity index (χ0v) is 37.8. The highest BCUT2D eigenvalue weighted by molar-refractivity contribution is 7.19. The van der Waals surface area contributed by atoms with Gasteiger partial charge in [0.2, 0.25) is 0 Å². The summed E-state index contributed by atoms with van der Waals surface area (Å²) in [5.74, 6) is 1.92. The van der Waals surface area contributed by atoms with Crippen LogP contribution in [0.2, 0.25) is 0 Å². The minimum atomic E-state index is -2.79. The van der Waals surface area contributed by atoms with Gasteiger partial charge in [0.1, 0.15) is 0 Å². The topological polar surface area (TPSA) is 43.6 Å². The van der Waals surface area contributed by atoms with Gasteiger partial charge in [0.15, 0.2) is 25.5 Å². The molecule has 0 N–H and O–H groups in total. The van der Waals surface area contributed by atoms with E-state index in [2.05, 4.69) is 220 Å². The van der Waals surface area contributed by atoms with Crippen molar-refractivity contribution in [3.05, 3.63) is 217 Å². The van der Waals surface area contributed by atoms with E-state index < -0.39 is 8.07 Å². The van der Waals surface area contributed by atoms with Gasteiger partial charge in [-0.25, -0.2) is 15.0 Å². The van der Waals surface area contributed by atoms with Crippen molar-refractivity contribution in [3.8, 4) is 39.9 Å². The Bertz CT molecular complexity index is 3210. The molecule has 310 valence electrons. The third-order valence-electron chi connectivity index (χ3n) is 13.9. The first-order valence-corrected chi connectivity index (χ1v) is 24.5. The summed E-state index contributed by atoms with van der Waals surface area (Å²) in [5, 5.41) is 7.81. The first-order chi connectivity index (χ1) is 31.2. The molecule has 0 spiro atoms. The molecule has 5 heteroatoms. The molecule has 0 fully saturated rings. The molecule has 4 nitrogen and oxygen atoms in total. The maximum Gasteiger partial charge on any atom is 0.179 e. The summed E-state index contributed by atoms with van der Waals surface area (Å²) in [5.41, 5.74) is 9.56. The molecule has 0 unspecified atom stereocenters. The molecule has 11 rings (SSSR count). The molecule has 2 heterocycles. The fourth-order valence-electron chi connectivity index (χ4n) is 10.4. The van der Waals surface area contributed by atoms with Crippen LogP contribution in [0.4, 0.5) is 0 Å². The van der Waals surface area contributed by atoms with Crippen LogP contribution >= 0.6 is 0 Å². The number of hydrogen-bond acceptors (Lipinski definition) is 3. The minimum Gasteiger partial charge on any atom is -0.309 e. The molecule has 0 aliphatic heterocycles. The Kier molecular flexibility index (Phi) is 9.62. The molecular formula is C59H50N4Si. The Labute approximate surface area is 377 Å². The molecule has 0 saturated heterocycles. The van der Waals surface area contributed by atoms with E-state index in [0.717, 1.165) is 22.4 Å². The Morgan fingerprint density at radius 3 is 1.38 bits per heavy atom. The standard InChI is InChI=1S/C59H50N4Si/c1-58(2)36-37-59(3,4)52-40-54-50(39-51(52)58)49-30-17-18-31-53(49)63(54)44-34-32-42(33-35-44)56-60-55(41-20-9-5-10-21-41)61-57(62-56)43-22-19-29-48(38-43)64(45-23-11-6-12-24-45,46-25-13-7-14-26-46)47-27-15-8-16-28-47/h5-35,38-40H,36-37H2,1-4H3. The van der Waals surface area contributed by atoms with Gasteiger partial charge in [-0.2, -0.15) is 0 Å². The highest BCUT2D eigenvalue weighted by Gasteiger charge is 2.42. The Morgan fingerprint density at radius 1 is 0.375 bits per heavy atom. The SMILES string of the molecule is CC1(C)CCC(C)(C)c2cc3c(cc21)c1ccccc1n3-c1ccc(-c2nc(-c3ccccc3)nc(-c3cccc([Si](c4ccccc4)(c4ccccc4)c4ccccc4)c3)n2)cc1. The highest BCUT2D eigenvalue weighted by Crippen LogP contribution is 2.48. The van der Waals surface area contributed by atoms with Crippen LogP contribution in [-0.4, -0.2) is 27.6 Å². The van der Waals surface area contributed by atoms with Crippen molar-refractivity contribution in [2.45, 2.75) is 51.4 Å².